The van der Waals surface area contributed by atoms with Crippen LogP contribution in [0.3, 0.4) is 0 Å². The monoisotopic (exact) mass is 296 g/mol. The third-order valence-corrected chi connectivity index (χ3v) is 3.29. The molecule has 0 bridgehead atoms. The number of hydrogen-bond acceptors (Lipinski definition) is 3. The van der Waals surface area contributed by atoms with Gasteiger partial charge in [-0.2, -0.15) is 0 Å². The number of aromatic carboxylic acids is 1. The molecule has 112 valence electrons. The summed E-state index contributed by atoms with van der Waals surface area (Å²) in [5, 5.41) is 9.44. The molecule has 4 heteroatoms. The highest BCUT2D eigenvalue weighted by atomic mass is 16.5. The van der Waals surface area contributed by atoms with Crippen LogP contribution >= 0.6 is 0 Å². The van der Waals surface area contributed by atoms with Gasteiger partial charge in [-0.15, -0.1) is 0 Å². The summed E-state index contributed by atoms with van der Waals surface area (Å²) in [6.45, 7) is 5.07. The zero-order valence-corrected chi connectivity index (χ0v) is 12.2. The average molecular weight is 296 g/mol. The van der Waals surface area contributed by atoms with Crippen molar-refractivity contribution in [1.29, 1.82) is 0 Å². The summed E-state index contributed by atoms with van der Waals surface area (Å²) < 4.78 is 5.23. The highest BCUT2D eigenvalue weighted by Crippen LogP contribution is 2.33. The van der Waals surface area contributed by atoms with Crippen molar-refractivity contribution in [2.45, 2.75) is 13.0 Å². The van der Waals surface area contributed by atoms with Crippen LogP contribution < -0.4 is 0 Å². The van der Waals surface area contributed by atoms with Crippen LogP contribution in [0, 0.1) is 0 Å². The molecule has 22 heavy (non-hydrogen) atoms. The lowest BCUT2D eigenvalue weighted by Gasteiger charge is -2.18. The van der Waals surface area contributed by atoms with Gasteiger partial charge in [0.05, 0.1) is 5.56 Å². The standard InChI is InChI=1S/C18H16O4/c1-3-16(19)22-12(2)14-10-7-11-15(18(20)21)17(14)13-8-5-4-6-9-13/h3-12H,1H2,2H3,(H,20,21). The van der Waals surface area contributed by atoms with Crippen molar-refractivity contribution < 1.29 is 19.4 Å². The highest BCUT2D eigenvalue weighted by molar-refractivity contribution is 5.97. The Hall–Kier alpha value is -2.88. The molecule has 1 N–H and O–H groups in total. The molecular weight excluding hydrogens is 280 g/mol. The van der Waals surface area contributed by atoms with E-state index >= 15 is 0 Å². The van der Waals surface area contributed by atoms with E-state index < -0.39 is 18.0 Å². The van der Waals surface area contributed by atoms with Gasteiger partial charge >= 0.3 is 11.9 Å². The van der Waals surface area contributed by atoms with E-state index in [9.17, 15) is 14.7 Å². The Bertz CT molecular complexity index is 704. The first-order valence-electron chi connectivity index (χ1n) is 6.79. The van der Waals surface area contributed by atoms with Gasteiger partial charge in [-0.25, -0.2) is 9.59 Å². The molecular formula is C18H16O4. The quantitative estimate of drug-likeness (QED) is 0.672. The number of esters is 1. The summed E-state index contributed by atoms with van der Waals surface area (Å²) in [5.74, 6) is -1.57. The van der Waals surface area contributed by atoms with Crippen molar-refractivity contribution >= 4 is 11.9 Å². The maximum Gasteiger partial charge on any atom is 0.336 e. The number of carboxylic acids is 1. The minimum absolute atomic E-state index is 0.171. The Morgan fingerprint density at radius 2 is 1.82 bits per heavy atom. The largest absolute Gasteiger partial charge is 0.478 e. The van der Waals surface area contributed by atoms with E-state index in [2.05, 4.69) is 6.58 Å². The van der Waals surface area contributed by atoms with Gasteiger partial charge in [0.2, 0.25) is 0 Å². The summed E-state index contributed by atoms with van der Waals surface area (Å²) in [5.41, 5.74) is 2.13. The molecule has 0 aliphatic carbocycles. The third kappa shape index (κ3) is 3.23. The van der Waals surface area contributed by atoms with Gasteiger partial charge in [0.15, 0.2) is 0 Å². The van der Waals surface area contributed by atoms with Crippen LogP contribution in [0.1, 0.15) is 28.9 Å². The lowest BCUT2D eigenvalue weighted by Crippen LogP contribution is -2.10. The number of hydrogen-bond donors (Lipinski definition) is 1. The van der Waals surface area contributed by atoms with Gasteiger partial charge in [0, 0.05) is 17.2 Å². The lowest BCUT2D eigenvalue weighted by atomic mass is 9.92. The van der Waals surface area contributed by atoms with Crippen LogP contribution in [0.25, 0.3) is 11.1 Å². The summed E-state index contributed by atoms with van der Waals surface area (Å²) in [7, 11) is 0. The normalized spacial score (nSPS) is 11.5. The summed E-state index contributed by atoms with van der Waals surface area (Å²) in [6, 6.07) is 14.1. The number of carboxylic acid groups (broad SMARTS) is 1. The summed E-state index contributed by atoms with van der Waals surface area (Å²) >= 11 is 0. The molecule has 2 rings (SSSR count). The first-order valence-corrected chi connectivity index (χ1v) is 6.79. The molecule has 0 radical (unpaired) electrons. The van der Waals surface area contributed by atoms with Crippen molar-refractivity contribution in [3.8, 4) is 11.1 Å². The van der Waals surface area contributed by atoms with Gasteiger partial charge in [0.1, 0.15) is 6.10 Å². The van der Waals surface area contributed by atoms with Crippen molar-refractivity contribution in [2.24, 2.45) is 0 Å². The molecule has 0 fully saturated rings. The molecule has 0 aliphatic heterocycles. The topological polar surface area (TPSA) is 63.6 Å². The molecule has 1 atom stereocenters. The van der Waals surface area contributed by atoms with E-state index in [1.165, 1.54) is 6.07 Å². The van der Waals surface area contributed by atoms with Gasteiger partial charge in [0.25, 0.3) is 0 Å². The second-order valence-electron chi connectivity index (χ2n) is 4.72. The maximum atomic E-state index is 11.5. The van der Waals surface area contributed by atoms with E-state index in [0.717, 1.165) is 11.6 Å². The van der Waals surface area contributed by atoms with Crippen LogP contribution in [-0.2, 0) is 9.53 Å². The van der Waals surface area contributed by atoms with Crippen molar-refractivity contribution in [2.75, 3.05) is 0 Å². The van der Waals surface area contributed by atoms with E-state index in [1.807, 2.05) is 30.3 Å². The number of carbonyl (C=O) groups is 2. The molecule has 0 saturated carbocycles. The Morgan fingerprint density at radius 1 is 1.14 bits per heavy atom. The fourth-order valence-corrected chi connectivity index (χ4v) is 2.30. The molecule has 2 aromatic rings. The van der Waals surface area contributed by atoms with Gasteiger partial charge < -0.3 is 9.84 Å². The lowest BCUT2D eigenvalue weighted by molar-refractivity contribution is -0.142. The predicted molar refractivity (Wildman–Crippen MR) is 83.5 cm³/mol. The summed E-state index contributed by atoms with van der Waals surface area (Å²) in [6.07, 6.45) is 0.500. The maximum absolute atomic E-state index is 11.5. The SMILES string of the molecule is C=CC(=O)OC(C)c1cccc(C(=O)O)c1-c1ccccc1. The number of carbonyl (C=O) groups excluding carboxylic acids is 1. The van der Waals surface area contributed by atoms with E-state index in [-0.39, 0.29) is 5.56 Å². The molecule has 0 aromatic heterocycles. The Morgan fingerprint density at radius 3 is 2.41 bits per heavy atom. The van der Waals surface area contributed by atoms with Crippen molar-refractivity contribution in [3.63, 3.8) is 0 Å². The minimum atomic E-state index is -1.03. The molecule has 1 unspecified atom stereocenters. The Kier molecular flexibility index (Phi) is 4.73. The first-order chi connectivity index (χ1) is 10.5. The highest BCUT2D eigenvalue weighted by Gasteiger charge is 2.20. The minimum Gasteiger partial charge on any atom is -0.478 e. The van der Waals surface area contributed by atoms with E-state index in [0.29, 0.717) is 11.1 Å². The number of rotatable bonds is 5. The van der Waals surface area contributed by atoms with Gasteiger partial charge in [-0.05, 0) is 18.6 Å². The van der Waals surface area contributed by atoms with Crippen molar-refractivity contribution in [3.05, 3.63) is 72.3 Å². The van der Waals surface area contributed by atoms with E-state index in [4.69, 9.17) is 4.74 Å². The van der Waals surface area contributed by atoms with Crippen LogP contribution in [0.15, 0.2) is 61.2 Å². The predicted octanol–water partition coefficient (Wildman–Crippen LogP) is 3.84. The van der Waals surface area contributed by atoms with Crippen LogP contribution in [0.2, 0.25) is 0 Å². The number of benzene rings is 2. The molecule has 0 heterocycles. The molecule has 0 spiro atoms. The van der Waals surface area contributed by atoms with E-state index in [1.54, 1.807) is 19.1 Å². The summed E-state index contributed by atoms with van der Waals surface area (Å²) in [4.78, 5) is 22.9. The Labute approximate surface area is 128 Å². The average Bonchev–Trinajstić information content (AvgIpc) is 2.54. The second-order valence-corrected chi connectivity index (χ2v) is 4.72. The molecule has 0 saturated heterocycles. The molecule has 0 aliphatic rings. The number of ether oxygens (including phenoxy) is 1. The fraction of sp³-hybridized carbons (Fsp3) is 0.111. The van der Waals surface area contributed by atoms with Crippen LogP contribution in [0.4, 0.5) is 0 Å². The zero-order chi connectivity index (χ0) is 16.1. The fourth-order valence-electron chi connectivity index (χ4n) is 2.30. The molecule has 0 amide bonds. The molecule has 4 nitrogen and oxygen atoms in total. The van der Waals surface area contributed by atoms with Gasteiger partial charge in [-0.1, -0.05) is 49.0 Å². The molecule has 2 aromatic carbocycles. The Balaban J connectivity index is 2.59. The zero-order valence-electron chi connectivity index (χ0n) is 12.2. The van der Waals surface area contributed by atoms with Crippen molar-refractivity contribution in [1.82, 2.24) is 0 Å². The first kappa shape index (κ1) is 15.5. The smallest absolute Gasteiger partial charge is 0.336 e. The van der Waals surface area contributed by atoms with Crippen LogP contribution in [0.5, 0.6) is 0 Å². The third-order valence-electron chi connectivity index (χ3n) is 3.29. The second kappa shape index (κ2) is 6.72. The van der Waals surface area contributed by atoms with Crippen LogP contribution in [-0.4, -0.2) is 17.0 Å². The van der Waals surface area contributed by atoms with Gasteiger partial charge in [-0.3, -0.25) is 0 Å².